The summed E-state index contributed by atoms with van der Waals surface area (Å²) in [6, 6.07) is 11.0. The van der Waals surface area contributed by atoms with E-state index in [1.54, 1.807) is 0 Å². The first-order valence-electron chi connectivity index (χ1n) is 10.4. The molecular formula is C21H34IN7. The number of aromatic nitrogens is 3. The molecule has 1 unspecified atom stereocenters. The smallest absolute Gasteiger partial charge is 0.191 e. The summed E-state index contributed by atoms with van der Waals surface area (Å²) in [6.45, 7) is 7.70. The van der Waals surface area contributed by atoms with Gasteiger partial charge < -0.3 is 20.1 Å². The van der Waals surface area contributed by atoms with E-state index >= 15 is 0 Å². The van der Waals surface area contributed by atoms with Crippen LogP contribution in [0.25, 0.3) is 0 Å². The van der Waals surface area contributed by atoms with Crippen molar-refractivity contribution in [2.75, 3.05) is 24.5 Å². The minimum atomic E-state index is 0. The van der Waals surface area contributed by atoms with Crippen LogP contribution in [0.15, 0.2) is 35.3 Å². The Bertz CT molecular complexity index is 760. The number of piperidine rings is 1. The van der Waals surface area contributed by atoms with Crippen LogP contribution in [0.1, 0.15) is 44.3 Å². The lowest BCUT2D eigenvalue weighted by Gasteiger charge is -2.35. The molecule has 0 amide bonds. The summed E-state index contributed by atoms with van der Waals surface area (Å²) in [5.74, 6) is 2.65. The first kappa shape index (κ1) is 23.4. The zero-order chi connectivity index (χ0) is 19.8. The number of rotatable bonds is 7. The maximum Gasteiger partial charge on any atom is 0.191 e. The first-order valence-corrected chi connectivity index (χ1v) is 10.4. The Hall–Kier alpha value is -1.84. The molecule has 1 fully saturated rings. The van der Waals surface area contributed by atoms with Crippen molar-refractivity contribution in [1.82, 2.24) is 25.4 Å². The monoisotopic (exact) mass is 511 g/mol. The second-order valence-corrected chi connectivity index (χ2v) is 7.43. The molecule has 0 radical (unpaired) electrons. The Morgan fingerprint density at radius 3 is 2.72 bits per heavy atom. The van der Waals surface area contributed by atoms with Crippen LogP contribution in [0, 0.1) is 6.92 Å². The lowest BCUT2D eigenvalue weighted by atomic mass is 10.1. The van der Waals surface area contributed by atoms with E-state index in [4.69, 9.17) is 4.99 Å². The number of guanidine groups is 1. The molecule has 1 atom stereocenters. The van der Waals surface area contributed by atoms with Crippen LogP contribution in [0.3, 0.4) is 0 Å². The number of benzene rings is 1. The maximum atomic E-state index is 4.78. The third-order valence-electron chi connectivity index (χ3n) is 5.27. The van der Waals surface area contributed by atoms with Gasteiger partial charge in [0.15, 0.2) is 11.8 Å². The number of nitrogens with one attached hydrogen (secondary N) is 2. The number of para-hydroxylation sites is 1. The third-order valence-corrected chi connectivity index (χ3v) is 5.27. The van der Waals surface area contributed by atoms with Gasteiger partial charge in [-0.05, 0) is 38.3 Å². The van der Waals surface area contributed by atoms with Crippen molar-refractivity contribution in [1.29, 1.82) is 0 Å². The molecule has 2 heterocycles. The quantitative estimate of drug-likeness (QED) is 0.259. The number of aryl methyl sites for hydroxylation is 1. The van der Waals surface area contributed by atoms with Crippen LogP contribution >= 0.6 is 24.0 Å². The molecule has 160 valence electrons. The van der Waals surface area contributed by atoms with Crippen LogP contribution in [-0.4, -0.2) is 46.4 Å². The van der Waals surface area contributed by atoms with E-state index in [0.29, 0.717) is 12.6 Å². The first-order chi connectivity index (χ1) is 13.7. The molecule has 0 bridgehead atoms. The maximum absolute atomic E-state index is 4.78. The van der Waals surface area contributed by atoms with Crippen LogP contribution in [0.2, 0.25) is 0 Å². The van der Waals surface area contributed by atoms with Gasteiger partial charge in [0, 0.05) is 38.4 Å². The predicted octanol–water partition coefficient (Wildman–Crippen LogP) is 3.25. The number of aliphatic imine (C=N–C) groups is 1. The third kappa shape index (κ3) is 6.87. The zero-order valence-corrected chi connectivity index (χ0v) is 20.1. The van der Waals surface area contributed by atoms with Crippen LogP contribution in [-0.2, 0) is 13.6 Å². The lowest BCUT2D eigenvalue weighted by Crippen LogP contribution is -2.51. The summed E-state index contributed by atoms with van der Waals surface area (Å²) in [6.07, 6.45) is 4.62. The summed E-state index contributed by atoms with van der Waals surface area (Å²) in [7, 11) is 1.98. The summed E-state index contributed by atoms with van der Waals surface area (Å²) in [5, 5.41) is 15.5. The Labute approximate surface area is 191 Å². The van der Waals surface area contributed by atoms with E-state index in [-0.39, 0.29) is 24.0 Å². The highest BCUT2D eigenvalue weighted by atomic mass is 127. The van der Waals surface area contributed by atoms with Gasteiger partial charge in [-0.3, -0.25) is 0 Å². The van der Waals surface area contributed by atoms with Gasteiger partial charge in [0.25, 0.3) is 0 Å². The number of hydrogen-bond donors (Lipinski definition) is 2. The van der Waals surface area contributed by atoms with Gasteiger partial charge >= 0.3 is 0 Å². The van der Waals surface area contributed by atoms with E-state index in [2.05, 4.69) is 63.0 Å². The molecule has 1 aliphatic rings. The Morgan fingerprint density at radius 1 is 1.24 bits per heavy atom. The van der Waals surface area contributed by atoms with Crippen molar-refractivity contribution in [3.8, 4) is 0 Å². The number of nitrogens with zero attached hydrogens (tertiary/aromatic N) is 5. The topological polar surface area (TPSA) is 70.4 Å². The Balaban J connectivity index is 0.00000300. The number of halogens is 1. The van der Waals surface area contributed by atoms with E-state index in [1.165, 1.54) is 12.1 Å². The molecule has 0 spiro atoms. The zero-order valence-electron chi connectivity index (χ0n) is 17.8. The highest BCUT2D eigenvalue weighted by molar-refractivity contribution is 14.0. The largest absolute Gasteiger partial charge is 0.369 e. The van der Waals surface area contributed by atoms with Crippen LogP contribution in [0.5, 0.6) is 0 Å². The summed E-state index contributed by atoms with van der Waals surface area (Å²) in [4.78, 5) is 7.24. The second kappa shape index (κ2) is 12.0. The summed E-state index contributed by atoms with van der Waals surface area (Å²) < 4.78 is 1.99. The van der Waals surface area contributed by atoms with E-state index in [1.807, 2.05) is 18.5 Å². The minimum Gasteiger partial charge on any atom is -0.369 e. The lowest BCUT2D eigenvalue weighted by molar-refractivity contribution is 0.467. The SMILES string of the molecule is CCCCNC(=NCc1nnc(C)n1C)NC1CCCN(c2ccccc2)C1.I. The molecule has 3 rings (SSSR count). The fraction of sp³-hybridized carbons (Fsp3) is 0.571. The Kier molecular flexibility index (Phi) is 9.69. The fourth-order valence-electron chi connectivity index (χ4n) is 3.44. The van der Waals surface area contributed by atoms with Crippen LogP contribution < -0.4 is 15.5 Å². The van der Waals surface area contributed by atoms with Gasteiger partial charge in [0.2, 0.25) is 0 Å². The van der Waals surface area contributed by atoms with Crippen molar-refractivity contribution in [3.05, 3.63) is 42.0 Å². The van der Waals surface area contributed by atoms with Gasteiger partial charge in [-0.2, -0.15) is 0 Å². The van der Waals surface area contributed by atoms with Gasteiger partial charge in [-0.25, -0.2) is 4.99 Å². The number of hydrogen-bond acceptors (Lipinski definition) is 4. The highest BCUT2D eigenvalue weighted by Gasteiger charge is 2.21. The molecule has 1 saturated heterocycles. The molecule has 0 saturated carbocycles. The average molecular weight is 511 g/mol. The minimum absolute atomic E-state index is 0. The molecular weight excluding hydrogens is 477 g/mol. The molecule has 1 aromatic heterocycles. The van der Waals surface area contributed by atoms with Crippen LogP contribution in [0.4, 0.5) is 5.69 Å². The van der Waals surface area contributed by atoms with Gasteiger partial charge in [-0.15, -0.1) is 34.2 Å². The van der Waals surface area contributed by atoms with Gasteiger partial charge in [0.1, 0.15) is 12.4 Å². The van der Waals surface area contributed by atoms with Crippen molar-refractivity contribution in [2.45, 2.75) is 52.1 Å². The second-order valence-electron chi connectivity index (χ2n) is 7.43. The van der Waals surface area contributed by atoms with Crippen molar-refractivity contribution in [2.24, 2.45) is 12.0 Å². The standard InChI is InChI=1S/C21H33N7.HI/c1-4-5-13-22-21(23-15-20-26-25-17(2)27(20)3)24-18-10-9-14-28(16-18)19-11-7-6-8-12-19;/h6-8,11-12,18H,4-5,9-10,13-16H2,1-3H3,(H2,22,23,24);1H. The molecule has 1 aromatic carbocycles. The Morgan fingerprint density at radius 2 is 2.03 bits per heavy atom. The van der Waals surface area contributed by atoms with E-state index in [0.717, 1.165) is 56.5 Å². The summed E-state index contributed by atoms with van der Waals surface area (Å²) in [5.41, 5.74) is 1.29. The molecule has 1 aliphatic heterocycles. The fourth-order valence-corrected chi connectivity index (χ4v) is 3.44. The molecule has 7 nitrogen and oxygen atoms in total. The van der Waals surface area contributed by atoms with Crippen molar-refractivity contribution in [3.63, 3.8) is 0 Å². The highest BCUT2D eigenvalue weighted by Crippen LogP contribution is 2.19. The van der Waals surface area contributed by atoms with Crippen molar-refractivity contribution >= 4 is 35.6 Å². The van der Waals surface area contributed by atoms with Gasteiger partial charge in [-0.1, -0.05) is 31.5 Å². The molecule has 2 aromatic rings. The normalized spacial score (nSPS) is 17.0. The molecule has 29 heavy (non-hydrogen) atoms. The van der Waals surface area contributed by atoms with E-state index in [9.17, 15) is 0 Å². The van der Waals surface area contributed by atoms with Gasteiger partial charge in [0.05, 0.1) is 0 Å². The van der Waals surface area contributed by atoms with E-state index < -0.39 is 0 Å². The average Bonchev–Trinajstić information content (AvgIpc) is 3.05. The number of anilines is 1. The van der Waals surface area contributed by atoms with Crippen molar-refractivity contribution < 1.29 is 0 Å². The molecule has 0 aliphatic carbocycles. The molecule has 2 N–H and O–H groups in total. The predicted molar refractivity (Wildman–Crippen MR) is 130 cm³/mol. The molecule has 8 heteroatoms. The summed E-state index contributed by atoms with van der Waals surface area (Å²) >= 11 is 0. The number of unbranched alkanes of at least 4 members (excludes halogenated alkanes) is 1.